The van der Waals surface area contributed by atoms with Crippen LogP contribution in [0.4, 0.5) is 5.69 Å². The summed E-state index contributed by atoms with van der Waals surface area (Å²) in [5.41, 5.74) is 3.74. The van der Waals surface area contributed by atoms with E-state index in [1.165, 1.54) is 18.9 Å². The van der Waals surface area contributed by atoms with Gasteiger partial charge in [0.25, 0.3) is 0 Å². The number of fused-ring (bicyclic) bond motifs is 1. The van der Waals surface area contributed by atoms with E-state index in [9.17, 15) is 9.59 Å². The number of nitrogens with one attached hydrogen (secondary N) is 1. The summed E-state index contributed by atoms with van der Waals surface area (Å²) in [4.78, 5) is 28.8. The molecule has 0 fully saturated rings. The minimum atomic E-state index is -0.442. The molecule has 3 rings (SSSR count). The van der Waals surface area contributed by atoms with Crippen LogP contribution in [0.2, 0.25) is 0 Å². The molecule has 1 amide bonds. The van der Waals surface area contributed by atoms with Gasteiger partial charge in [-0.15, -0.1) is 6.58 Å². The van der Waals surface area contributed by atoms with Gasteiger partial charge in [0, 0.05) is 12.2 Å². The van der Waals surface area contributed by atoms with Gasteiger partial charge in [0.1, 0.15) is 0 Å². The highest BCUT2D eigenvalue weighted by molar-refractivity contribution is 7.99. The first-order chi connectivity index (χ1) is 13.5. The molecule has 0 radical (unpaired) electrons. The summed E-state index contributed by atoms with van der Waals surface area (Å²) in [6.07, 6.45) is 1.81. The molecule has 28 heavy (non-hydrogen) atoms. The SMILES string of the molecule is C=CCn1c(SCC(=O)Nc2cc(C(=O)OC)ccc2C)nc2ccccc21. The highest BCUT2D eigenvalue weighted by Crippen LogP contribution is 2.25. The van der Waals surface area contributed by atoms with E-state index < -0.39 is 5.97 Å². The number of esters is 1. The number of aryl methyl sites for hydroxylation is 1. The maximum atomic E-state index is 12.5. The monoisotopic (exact) mass is 395 g/mol. The Hall–Kier alpha value is -3.06. The van der Waals surface area contributed by atoms with Crippen LogP contribution in [0.5, 0.6) is 0 Å². The van der Waals surface area contributed by atoms with Gasteiger partial charge in [-0.1, -0.05) is 36.0 Å². The van der Waals surface area contributed by atoms with E-state index >= 15 is 0 Å². The molecule has 0 saturated carbocycles. The normalized spacial score (nSPS) is 10.6. The number of nitrogens with zero attached hydrogens (tertiary/aromatic N) is 2. The molecule has 3 aromatic rings. The van der Waals surface area contributed by atoms with E-state index in [0.29, 0.717) is 17.8 Å². The van der Waals surface area contributed by atoms with Gasteiger partial charge in [0.15, 0.2) is 5.16 Å². The predicted molar refractivity (Wildman–Crippen MR) is 112 cm³/mol. The Kier molecular flexibility index (Phi) is 6.16. The van der Waals surface area contributed by atoms with E-state index in [1.54, 1.807) is 24.3 Å². The number of aromatic nitrogens is 2. The third-order valence-corrected chi connectivity index (χ3v) is 5.17. The van der Waals surface area contributed by atoms with Crippen LogP contribution in [0.1, 0.15) is 15.9 Å². The molecule has 7 heteroatoms. The Labute approximate surface area is 167 Å². The Morgan fingerprint density at radius 2 is 2.07 bits per heavy atom. The summed E-state index contributed by atoms with van der Waals surface area (Å²) >= 11 is 1.36. The number of ether oxygens (including phenoxy) is 1. The number of imidazole rings is 1. The number of para-hydroxylation sites is 2. The molecule has 0 aliphatic heterocycles. The fraction of sp³-hybridized carbons (Fsp3) is 0.190. The number of carbonyl (C=O) groups is 2. The van der Waals surface area contributed by atoms with Crippen molar-refractivity contribution < 1.29 is 14.3 Å². The lowest BCUT2D eigenvalue weighted by atomic mass is 10.1. The zero-order chi connectivity index (χ0) is 20.1. The van der Waals surface area contributed by atoms with Crippen molar-refractivity contribution >= 4 is 40.4 Å². The molecule has 1 heterocycles. The van der Waals surface area contributed by atoms with Crippen LogP contribution in [-0.4, -0.2) is 34.3 Å². The van der Waals surface area contributed by atoms with Crippen LogP contribution in [-0.2, 0) is 16.1 Å². The maximum Gasteiger partial charge on any atom is 0.337 e. The minimum absolute atomic E-state index is 0.174. The summed E-state index contributed by atoms with van der Waals surface area (Å²) in [6.45, 7) is 6.28. The van der Waals surface area contributed by atoms with Gasteiger partial charge in [0.2, 0.25) is 5.91 Å². The number of hydrogen-bond donors (Lipinski definition) is 1. The van der Waals surface area contributed by atoms with E-state index in [-0.39, 0.29) is 11.7 Å². The third-order valence-electron chi connectivity index (χ3n) is 4.20. The van der Waals surface area contributed by atoms with Crippen molar-refractivity contribution in [3.05, 3.63) is 66.2 Å². The molecular formula is C21H21N3O3S. The highest BCUT2D eigenvalue weighted by atomic mass is 32.2. The molecule has 144 valence electrons. The lowest BCUT2D eigenvalue weighted by Crippen LogP contribution is -2.16. The molecular weight excluding hydrogens is 374 g/mol. The molecule has 0 unspecified atom stereocenters. The van der Waals surface area contributed by atoms with Crippen molar-refractivity contribution in [2.75, 3.05) is 18.2 Å². The number of anilines is 1. The van der Waals surface area contributed by atoms with Gasteiger partial charge in [-0.2, -0.15) is 0 Å². The van der Waals surface area contributed by atoms with Crippen LogP contribution in [0.3, 0.4) is 0 Å². The van der Waals surface area contributed by atoms with Gasteiger partial charge in [-0.05, 0) is 36.8 Å². The largest absolute Gasteiger partial charge is 0.465 e. The smallest absolute Gasteiger partial charge is 0.337 e. The van der Waals surface area contributed by atoms with Gasteiger partial charge in [-0.3, -0.25) is 4.79 Å². The van der Waals surface area contributed by atoms with Crippen LogP contribution in [0, 0.1) is 6.92 Å². The number of allylic oxidation sites excluding steroid dienone is 1. The first kappa shape index (κ1) is 19.7. The highest BCUT2D eigenvalue weighted by Gasteiger charge is 2.14. The van der Waals surface area contributed by atoms with Crippen LogP contribution in [0.25, 0.3) is 11.0 Å². The zero-order valence-electron chi connectivity index (χ0n) is 15.8. The quantitative estimate of drug-likeness (QED) is 0.371. The molecule has 0 spiro atoms. The molecule has 1 aromatic heterocycles. The van der Waals surface area contributed by atoms with Gasteiger partial charge in [0.05, 0.1) is 29.5 Å². The van der Waals surface area contributed by atoms with Crippen molar-refractivity contribution in [2.24, 2.45) is 0 Å². The Balaban J connectivity index is 1.73. The maximum absolute atomic E-state index is 12.5. The number of amides is 1. The standard InChI is InChI=1S/C21H21N3O3S/c1-4-11-24-18-8-6-5-7-16(18)23-21(24)28-13-19(25)22-17-12-15(20(26)27-3)10-9-14(17)2/h4-10,12H,1,11,13H2,2-3H3,(H,22,25). The average Bonchev–Trinajstić information content (AvgIpc) is 3.05. The number of rotatable bonds is 7. The summed E-state index contributed by atoms with van der Waals surface area (Å²) in [7, 11) is 1.33. The van der Waals surface area contributed by atoms with Gasteiger partial charge >= 0.3 is 5.97 Å². The van der Waals surface area contributed by atoms with E-state index in [1.807, 2.05) is 35.8 Å². The summed E-state index contributed by atoms with van der Waals surface area (Å²) in [5, 5.41) is 3.62. The first-order valence-corrected chi connectivity index (χ1v) is 9.70. The summed E-state index contributed by atoms with van der Waals surface area (Å²) in [6, 6.07) is 12.9. The number of carbonyl (C=O) groups excluding carboxylic acids is 2. The van der Waals surface area contributed by atoms with E-state index in [0.717, 1.165) is 21.8 Å². The fourth-order valence-electron chi connectivity index (χ4n) is 2.79. The van der Waals surface area contributed by atoms with Crippen molar-refractivity contribution in [3.8, 4) is 0 Å². The number of thioether (sulfide) groups is 1. The first-order valence-electron chi connectivity index (χ1n) is 8.71. The molecule has 0 aliphatic carbocycles. The second kappa shape index (κ2) is 8.75. The van der Waals surface area contributed by atoms with Gasteiger partial charge < -0.3 is 14.6 Å². The number of methoxy groups -OCH3 is 1. The van der Waals surface area contributed by atoms with E-state index in [4.69, 9.17) is 4.74 Å². The molecule has 2 aromatic carbocycles. The van der Waals surface area contributed by atoms with Crippen LogP contribution in [0.15, 0.2) is 60.3 Å². The van der Waals surface area contributed by atoms with Crippen LogP contribution < -0.4 is 5.32 Å². The van der Waals surface area contributed by atoms with Crippen molar-refractivity contribution in [2.45, 2.75) is 18.6 Å². The predicted octanol–water partition coefficient (Wildman–Crippen LogP) is 4.05. The molecule has 0 aliphatic rings. The molecule has 0 saturated heterocycles. The Morgan fingerprint density at radius 1 is 1.29 bits per heavy atom. The molecule has 0 atom stereocenters. The molecule has 0 bridgehead atoms. The van der Waals surface area contributed by atoms with E-state index in [2.05, 4.69) is 16.9 Å². The van der Waals surface area contributed by atoms with Gasteiger partial charge in [-0.25, -0.2) is 9.78 Å². The fourth-order valence-corrected chi connectivity index (χ4v) is 3.61. The minimum Gasteiger partial charge on any atom is -0.465 e. The topological polar surface area (TPSA) is 73.2 Å². The zero-order valence-corrected chi connectivity index (χ0v) is 16.6. The van der Waals surface area contributed by atoms with Crippen molar-refractivity contribution in [3.63, 3.8) is 0 Å². The Bertz CT molecular complexity index is 1040. The third kappa shape index (κ3) is 4.26. The lowest BCUT2D eigenvalue weighted by molar-refractivity contribution is -0.113. The number of benzene rings is 2. The molecule has 1 N–H and O–H groups in total. The summed E-state index contributed by atoms with van der Waals surface area (Å²) in [5.74, 6) is -0.419. The molecule has 6 nitrogen and oxygen atoms in total. The lowest BCUT2D eigenvalue weighted by Gasteiger charge is -2.10. The Morgan fingerprint density at radius 3 is 2.82 bits per heavy atom. The van der Waals surface area contributed by atoms with Crippen molar-refractivity contribution in [1.29, 1.82) is 0 Å². The number of hydrogen-bond acceptors (Lipinski definition) is 5. The van der Waals surface area contributed by atoms with Crippen molar-refractivity contribution in [1.82, 2.24) is 9.55 Å². The average molecular weight is 395 g/mol. The second-order valence-electron chi connectivity index (χ2n) is 6.14. The van der Waals surface area contributed by atoms with Crippen LogP contribution >= 0.6 is 11.8 Å². The summed E-state index contributed by atoms with van der Waals surface area (Å²) < 4.78 is 6.76. The second-order valence-corrected chi connectivity index (χ2v) is 7.08.